The van der Waals surface area contributed by atoms with Crippen molar-refractivity contribution >= 4 is 7.82 Å². The van der Waals surface area contributed by atoms with Crippen molar-refractivity contribution in [3.63, 3.8) is 0 Å². The molecule has 0 rings (SSSR count). The minimum Gasteiger partial charge on any atom is -0.822 e. The Morgan fingerprint density at radius 3 is 1.12 bits per heavy atom. The molecule has 8 heteroatoms. The summed E-state index contributed by atoms with van der Waals surface area (Å²) in [5.74, 6) is 0. The number of rotatable bonds is 0. The number of phosphoric acid groups is 1. The number of hydrogen-bond donors (Lipinski definition) is 0. The van der Waals surface area contributed by atoms with Crippen LogP contribution >= 0.6 is 7.82 Å². The van der Waals surface area contributed by atoms with Gasteiger partial charge >= 0.3 is 38.6 Å². The maximum Gasteiger partial charge on any atom is 3.00 e. The summed E-state index contributed by atoms with van der Waals surface area (Å²) in [6.07, 6.45) is 0. The number of hydrogen-bond acceptors (Lipinski definition) is 4. The Bertz CT molecular complexity index is 62.2. The van der Waals surface area contributed by atoms with Crippen LogP contribution in [0.15, 0.2) is 0 Å². The van der Waals surface area contributed by atoms with Gasteiger partial charge in [-0.1, -0.05) is 0 Å². The predicted molar refractivity (Wildman–Crippen MR) is 7.61 cm³/mol. The fraction of sp³-hybridized carbons (Fsp3) is 0. The second-order valence-electron chi connectivity index (χ2n) is 0.447. The maximum absolute atomic E-state index is 8.55. The zero-order chi connectivity index (χ0) is 4.50. The molecule has 0 unspecified atom stereocenters. The van der Waals surface area contributed by atoms with E-state index in [0.29, 0.717) is 0 Å². The summed E-state index contributed by atoms with van der Waals surface area (Å²) in [7, 11) is -5.39. The summed E-state index contributed by atoms with van der Waals surface area (Å²) in [6, 6.07) is 0. The van der Waals surface area contributed by atoms with Crippen LogP contribution in [0.4, 0.5) is 0 Å². The first-order chi connectivity index (χ1) is 2.00. The molecular weight excluding hydrogens is 533 g/mol. The van der Waals surface area contributed by atoms with Crippen LogP contribution in [0.3, 0.4) is 0 Å². The fourth-order valence-electron chi connectivity index (χ4n) is 0. The molecule has 0 aliphatic rings. The Balaban J connectivity index is -0.0000000267. The molecule has 0 N–H and O–H groups in total. The van der Waals surface area contributed by atoms with E-state index in [1.165, 1.54) is 0 Å². The van der Waals surface area contributed by atoms with Crippen LogP contribution in [-0.2, 0) is 4.57 Å². The van der Waals surface area contributed by atoms with Crippen molar-refractivity contribution in [2.45, 2.75) is 0 Å². The van der Waals surface area contributed by atoms with E-state index < -0.39 is 7.82 Å². The molecule has 0 saturated heterocycles. The van der Waals surface area contributed by atoms with Crippen LogP contribution in [0.25, 0.3) is 0 Å². The first kappa shape index (κ1) is 22.7. The van der Waals surface area contributed by atoms with Gasteiger partial charge in [0.1, 0.15) is 0 Å². The quantitative estimate of drug-likeness (QED) is 0.315. The average Bonchev–Trinajstić information content (AvgIpc) is 0.722. The van der Waals surface area contributed by atoms with Crippen LogP contribution in [0.2, 0.25) is 0 Å². The summed E-state index contributed by atoms with van der Waals surface area (Å²) >= 11 is 0. The molecule has 0 aromatic carbocycles. The summed E-state index contributed by atoms with van der Waals surface area (Å²) in [5.41, 5.74) is 0. The SMILES string of the molecule is O=P([O-])([O-])[O-].[Ce].[La].[Tb+3]. The second kappa shape index (κ2) is 11.0. The zero-order valence-corrected chi connectivity index (χ0v) is 13.3. The van der Waals surface area contributed by atoms with E-state index in [9.17, 15) is 0 Å². The molecule has 0 heterocycles. The Morgan fingerprint density at radius 2 is 1.12 bits per heavy atom. The van der Waals surface area contributed by atoms with E-state index in [-0.39, 0.29) is 116 Å². The van der Waals surface area contributed by atoms with Gasteiger partial charge in [0, 0.05) is 77.3 Å². The normalized spacial score (nSPS) is 7.38. The first-order valence-electron chi connectivity index (χ1n) is 0.730. The van der Waals surface area contributed by atoms with Gasteiger partial charge in [0.25, 0.3) is 0 Å². The van der Waals surface area contributed by atoms with E-state index in [2.05, 4.69) is 0 Å². The molecule has 1 radical (unpaired) electrons. The van der Waals surface area contributed by atoms with Crippen LogP contribution in [0.5, 0.6) is 0 Å². The fourth-order valence-corrected chi connectivity index (χ4v) is 0. The molecule has 0 saturated carbocycles. The third-order valence-electron chi connectivity index (χ3n) is 0. The van der Waals surface area contributed by atoms with Gasteiger partial charge < -0.3 is 19.2 Å². The van der Waals surface area contributed by atoms with E-state index in [1.54, 1.807) is 0 Å². The molecule has 4 nitrogen and oxygen atoms in total. The Morgan fingerprint density at radius 1 is 1.12 bits per heavy atom. The van der Waals surface area contributed by atoms with Crippen molar-refractivity contribution in [1.29, 1.82) is 0 Å². The second-order valence-corrected chi connectivity index (χ2v) is 1.34. The summed E-state index contributed by atoms with van der Waals surface area (Å²) in [5, 5.41) is 0. The van der Waals surface area contributed by atoms with Crippen molar-refractivity contribution in [2.75, 3.05) is 0 Å². The van der Waals surface area contributed by atoms with Crippen molar-refractivity contribution in [3.8, 4) is 0 Å². The monoisotopic (exact) mass is 533 g/mol. The van der Waals surface area contributed by atoms with Crippen LogP contribution in [0.1, 0.15) is 0 Å². The standard InChI is InChI=1S/Ce.La.H3O4P.Tb/c;;1-5(2,3)4;/h;;(H3,1,2,3,4);/q;;;+3/p-3. The molecule has 0 atom stereocenters. The van der Waals surface area contributed by atoms with Crippen molar-refractivity contribution in [3.05, 3.63) is 0 Å². The third kappa shape index (κ3) is 50.9. The first-order valence-corrected chi connectivity index (χ1v) is 2.19. The molecule has 0 aromatic rings. The largest absolute Gasteiger partial charge is 3.00 e. The maximum atomic E-state index is 8.55. The van der Waals surface area contributed by atoms with Gasteiger partial charge in [-0.15, -0.1) is 0 Å². The summed E-state index contributed by atoms with van der Waals surface area (Å²) in [6.45, 7) is 0. The smallest absolute Gasteiger partial charge is 0.822 e. The Hall–Kier alpha value is 3.97. The molecule has 8 heavy (non-hydrogen) atoms. The van der Waals surface area contributed by atoms with Crippen LogP contribution < -0.4 is 14.7 Å². The van der Waals surface area contributed by atoms with Crippen LogP contribution in [-0.4, -0.2) is 0 Å². The van der Waals surface area contributed by atoms with E-state index in [0.717, 1.165) is 0 Å². The van der Waals surface area contributed by atoms with Gasteiger partial charge in [-0.3, -0.25) is 0 Å². The van der Waals surface area contributed by atoms with Crippen molar-refractivity contribution in [2.24, 2.45) is 0 Å². The van der Waals surface area contributed by atoms with Gasteiger partial charge in [-0.2, -0.15) is 7.82 Å². The molecule has 45 valence electrons. The molecular formula is CeLaO4PTb. The summed E-state index contributed by atoms with van der Waals surface area (Å²) in [4.78, 5) is 25.6. The van der Waals surface area contributed by atoms with E-state index >= 15 is 0 Å². The minimum absolute atomic E-state index is 0. The molecule has 0 fully saturated rings. The van der Waals surface area contributed by atoms with E-state index in [4.69, 9.17) is 19.2 Å². The van der Waals surface area contributed by atoms with Gasteiger partial charge in [-0.05, 0) is 0 Å². The minimum atomic E-state index is -5.39. The molecule has 0 spiro atoms. The third-order valence-corrected chi connectivity index (χ3v) is 0. The van der Waals surface area contributed by atoms with E-state index in [1.807, 2.05) is 0 Å². The van der Waals surface area contributed by atoms with Gasteiger partial charge in [0.2, 0.25) is 0 Å². The average molecular weight is 533 g/mol. The van der Waals surface area contributed by atoms with Gasteiger partial charge in [0.05, 0.1) is 0 Å². The molecule has 0 bridgehead atoms. The van der Waals surface area contributed by atoms with Crippen LogP contribution in [0, 0.1) is 116 Å². The Labute approximate surface area is 139 Å². The van der Waals surface area contributed by atoms with Crippen molar-refractivity contribution < 1.29 is 135 Å². The van der Waals surface area contributed by atoms with Gasteiger partial charge in [-0.25, -0.2) is 0 Å². The van der Waals surface area contributed by atoms with Crippen molar-refractivity contribution in [1.82, 2.24) is 0 Å². The molecule has 0 amide bonds. The zero-order valence-electron chi connectivity index (χ0n) is 3.49. The van der Waals surface area contributed by atoms with Gasteiger partial charge in [0.15, 0.2) is 0 Å². The summed E-state index contributed by atoms with van der Waals surface area (Å²) < 4.78 is 8.55. The molecule has 0 aromatic heterocycles. The topological polar surface area (TPSA) is 86.2 Å². The molecule has 0 aliphatic carbocycles. The Kier molecular flexibility index (Phi) is 31.1. The molecule has 0 aliphatic heterocycles. The predicted octanol–water partition coefficient (Wildman–Crippen LogP) is -2.82.